The molecular weight excluding hydrogens is 257 g/mol. The molecule has 3 nitrogen and oxygen atoms in total. The van der Waals surface area contributed by atoms with Crippen LogP contribution in [0, 0.1) is 11.3 Å². The number of hydrogen-bond donors (Lipinski definition) is 0. The molecule has 0 unspecified atom stereocenters. The average Bonchev–Trinajstić information content (AvgIpc) is 2.03. The van der Waals surface area contributed by atoms with Gasteiger partial charge in [-0.2, -0.15) is 0 Å². The summed E-state index contributed by atoms with van der Waals surface area (Å²) in [4.78, 5) is 15.0. The van der Waals surface area contributed by atoms with Gasteiger partial charge in [0.05, 0.1) is 0 Å². The quantitative estimate of drug-likeness (QED) is 0.711. The van der Waals surface area contributed by atoms with Crippen molar-refractivity contribution in [2.75, 3.05) is 0 Å². The van der Waals surface area contributed by atoms with Crippen LogP contribution in [-0.4, -0.2) is 28.3 Å². The van der Waals surface area contributed by atoms with Crippen molar-refractivity contribution in [3.05, 3.63) is 18.1 Å². The van der Waals surface area contributed by atoms with Crippen molar-refractivity contribution in [3.8, 4) is 6.07 Å². The molecule has 0 aliphatic rings. The van der Waals surface area contributed by atoms with Gasteiger partial charge in [-0.3, -0.25) is 0 Å². The van der Waals surface area contributed by atoms with Crippen LogP contribution in [0.15, 0.2) is 12.4 Å². The molecular formula is C8H11N3Sn. The first kappa shape index (κ1) is 9.46. The normalized spacial score (nSPS) is 10.8. The van der Waals surface area contributed by atoms with E-state index in [0.717, 1.165) is 3.71 Å². The van der Waals surface area contributed by atoms with Crippen LogP contribution in [-0.2, 0) is 0 Å². The summed E-state index contributed by atoms with van der Waals surface area (Å²) in [6.45, 7) is 0. The van der Waals surface area contributed by atoms with E-state index in [-0.39, 0.29) is 0 Å². The van der Waals surface area contributed by atoms with Crippen LogP contribution < -0.4 is 3.71 Å². The second-order valence-electron chi connectivity index (χ2n) is 3.65. The Labute approximate surface area is 76.3 Å². The van der Waals surface area contributed by atoms with Gasteiger partial charge in [0, 0.05) is 0 Å². The van der Waals surface area contributed by atoms with E-state index in [1.165, 1.54) is 6.20 Å². The summed E-state index contributed by atoms with van der Waals surface area (Å²) in [6, 6.07) is 2.00. The van der Waals surface area contributed by atoms with Crippen LogP contribution in [0.1, 0.15) is 5.69 Å². The molecule has 0 saturated carbocycles. The summed E-state index contributed by atoms with van der Waals surface area (Å²) in [6.07, 6.45) is 3.29. The SMILES string of the molecule is [CH3][Sn]([CH3])([CH3])[c]1cncc(C#N)n1. The zero-order valence-electron chi connectivity index (χ0n) is 7.50. The van der Waals surface area contributed by atoms with Crippen molar-refractivity contribution in [2.45, 2.75) is 14.8 Å². The molecule has 62 valence electrons. The van der Waals surface area contributed by atoms with E-state index in [1.807, 2.05) is 6.07 Å². The monoisotopic (exact) mass is 269 g/mol. The molecule has 1 aromatic heterocycles. The minimum atomic E-state index is -2.10. The number of nitrogens with zero attached hydrogens (tertiary/aromatic N) is 3. The van der Waals surface area contributed by atoms with Crippen LogP contribution in [0.3, 0.4) is 0 Å². The zero-order valence-corrected chi connectivity index (χ0v) is 10.4. The van der Waals surface area contributed by atoms with E-state index < -0.39 is 18.4 Å². The summed E-state index contributed by atoms with van der Waals surface area (Å²) < 4.78 is 1.06. The molecule has 0 atom stereocenters. The van der Waals surface area contributed by atoms with Crippen LogP contribution in [0.2, 0.25) is 14.8 Å². The summed E-state index contributed by atoms with van der Waals surface area (Å²) >= 11 is -2.10. The van der Waals surface area contributed by atoms with Crippen LogP contribution >= 0.6 is 0 Å². The van der Waals surface area contributed by atoms with Gasteiger partial charge >= 0.3 is 76.3 Å². The Morgan fingerprint density at radius 2 is 2.00 bits per heavy atom. The van der Waals surface area contributed by atoms with E-state index in [0.29, 0.717) is 5.69 Å². The van der Waals surface area contributed by atoms with E-state index in [1.54, 1.807) is 6.20 Å². The van der Waals surface area contributed by atoms with Crippen LogP contribution in [0.25, 0.3) is 0 Å². The van der Waals surface area contributed by atoms with E-state index in [4.69, 9.17) is 5.26 Å². The second-order valence-corrected chi connectivity index (χ2v) is 18.0. The Morgan fingerprint density at radius 3 is 2.50 bits per heavy atom. The first-order valence-corrected chi connectivity index (χ1v) is 13.8. The van der Waals surface area contributed by atoms with E-state index >= 15 is 0 Å². The Kier molecular flexibility index (Phi) is 2.68. The molecule has 0 aliphatic heterocycles. The van der Waals surface area contributed by atoms with Gasteiger partial charge in [-0.25, -0.2) is 0 Å². The summed E-state index contributed by atoms with van der Waals surface area (Å²) in [5, 5.41) is 8.60. The maximum absolute atomic E-state index is 8.60. The van der Waals surface area contributed by atoms with Gasteiger partial charge in [-0.1, -0.05) is 0 Å². The number of nitriles is 1. The number of rotatable bonds is 1. The van der Waals surface area contributed by atoms with E-state index in [9.17, 15) is 0 Å². The Bertz CT molecular complexity index is 322. The van der Waals surface area contributed by atoms with Gasteiger partial charge in [0.15, 0.2) is 0 Å². The molecule has 1 heterocycles. The molecule has 0 amide bonds. The fraction of sp³-hybridized carbons (Fsp3) is 0.375. The average molecular weight is 268 g/mol. The summed E-state index contributed by atoms with van der Waals surface area (Å²) in [5.41, 5.74) is 0.430. The summed E-state index contributed by atoms with van der Waals surface area (Å²) in [5.74, 6) is 0. The topological polar surface area (TPSA) is 49.6 Å². The third-order valence-electron chi connectivity index (χ3n) is 1.52. The number of aromatic nitrogens is 2. The summed E-state index contributed by atoms with van der Waals surface area (Å²) in [7, 11) is 0. The fourth-order valence-electron chi connectivity index (χ4n) is 0.781. The molecule has 0 spiro atoms. The van der Waals surface area contributed by atoms with Crippen LogP contribution in [0.5, 0.6) is 0 Å². The van der Waals surface area contributed by atoms with Crippen LogP contribution in [0.4, 0.5) is 0 Å². The molecule has 1 rings (SSSR count). The molecule has 0 N–H and O–H groups in total. The van der Waals surface area contributed by atoms with Gasteiger partial charge in [0.2, 0.25) is 0 Å². The third kappa shape index (κ3) is 2.18. The van der Waals surface area contributed by atoms with Crippen molar-refractivity contribution in [1.82, 2.24) is 9.97 Å². The van der Waals surface area contributed by atoms with Gasteiger partial charge in [-0.05, 0) is 0 Å². The van der Waals surface area contributed by atoms with Gasteiger partial charge in [0.1, 0.15) is 0 Å². The standard InChI is InChI=1S/C5H2N3.3CH3.Sn/c6-3-5-4-7-1-2-8-5;;;;/h1,4H;3*1H3;. The maximum atomic E-state index is 8.60. The molecule has 4 heteroatoms. The Balaban J connectivity index is 3.13. The molecule has 0 fully saturated rings. The van der Waals surface area contributed by atoms with Gasteiger partial charge < -0.3 is 0 Å². The zero-order chi connectivity index (χ0) is 9.19. The molecule has 0 radical (unpaired) electrons. The third-order valence-corrected chi connectivity index (χ3v) is 6.59. The minimum absolute atomic E-state index is 0.430. The van der Waals surface area contributed by atoms with Crippen molar-refractivity contribution in [3.63, 3.8) is 0 Å². The molecule has 0 bridgehead atoms. The molecule has 12 heavy (non-hydrogen) atoms. The van der Waals surface area contributed by atoms with Crippen molar-refractivity contribution < 1.29 is 0 Å². The Morgan fingerprint density at radius 1 is 1.33 bits per heavy atom. The van der Waals surface area contributed by atoms with E-state index in [2.05, 4.69) is 24.8 Å². The second kappa shape index (κ2) is 3.40. The van der Waals surface area contributed by atoms with Crippen molar-refractivity contribution in [1.29, 1.82) is 5.26 Å². The molecule has 0 aliphatic carbocycles. The molecule has 1 aromatic rings. The predicted molar refractivity (Wildman–Crippen MR) is 49.7 cm³/mol. The Hall–Kier alpha value is -0.631. The van der Waals surface area contributed by atoms with Gasteiger partial charge in [-0.15, -0.1) is 0 Å². The van der Waals surface area contributed by atoms with Gasteiger partial charge in [0.25, 0.3) is 0 Å². The predicted octanol–water partition coefficient (Wildman–Crippen LogP) is 0.893. The fourth-order valence-corrected chi connectivity index (χ4v) is 3.40. The molecule has 0 aromatic carbocycles. The molecule has 0 saturated heterocycles. The number of hydrogen-bond acceptors (Lipinski definition) is 3. The van der Waals surface area contributed by atoms with Crippen molar-refractivity contribution in [2.24, 2.45) is 0 Å². The first-order valence-electron chi connectivity index (χ1n) is 3.76. The van der Waals surface area contributed by atoms with Crippen molar-refractivity contribution >= 4 is 22.1 Å². The first-order chi connectivity index (χ1) is 5.54.